The maximum absolute atomic E-state index is 2.10. The number of hydrogen-bond acceptors (Lipinski definition) is 1. The molecule has 0 nitrogen and oxygen atoms in total. The zero-order valence-corrected chi connectivity index (χ0v) is 12.6. The van der Waals surface area contributed by atoms with E-state index in [1.165, 1.54) is 16.0 Å². The number of aryl methyl sites for hydroxylation is 1. The van der Waals surface area contributed by atoms with Crippen molar-refractivity contribution in [3.63, 3.8) is 0 Å². The maximum Gasteiger partial charge on any atom is 0.00141 e. The highest BCUT2D eigenvalue weighted by Gasteiger charge is 1.74. The highest BCUT2D eigenvalue weighted by Crippen LogP contribution is 2.03. The SMILES string of the molecule is CC=C(C)C.CC=C(C)C.Cc1cccs1. The Morgan fingerprint density at radius 3 is 1.44 bits per heavy atom. The molecule has 0 N–H and O–H groups in total. The average Bonchev–Trinajstić information content (AvgIpc) is 2.71. The number of hydrogen-bond donors (Lipinski definition) is 0. The van der Waals surface area contributed by atoms with Gasteiger partial charge in [0.05, 0.1) is 0 Å². The van der Waals surface area contributed by atoms with E-state index in [0.717, 1.165) is 0 Å². The predicted octanol–water partition coefficient (Wildman–Crippen LogP) is 6.00. The first kappa shape index (κ1) is 17.6. The Bertz CT molecular complexity index is 265. The summed E-state index contributed by atoms with van der Waals surface area (Å²) in [5.41, 5.74) is 2.76. The fourth-order valence-corrected chi connectivity index (χ4v) is 0.890. The van der Waals surface area contributed by atoms with Gasteiger partial charge in [0.1, 0.15) is 0 Å². The molecule has 0 aliphatic rings. The topological polar surface area (TPSA) is 0 Å². The summed E-state index contributed by atoms with van der Waals surface area (Å²) in [7, 11) is 0. The Morgan fingerprint density at radius 1 is 1.00 bits per heavy atom. The molecule has 0 amide bonds. The number of thiophene rings is 1. The van der Waals surface area contributed by atoms with Crippen molar-refractivity contribution in [3.8, 4) is 0 Å². The van der Waals surface area contributed by atoms with Crippen LogP contribution in [0.1, 0.15) is 46.4 Å². The molecule has 0 fully saturated rings. The van der Waals surface area contributed by atoms with Crippen LogP contribution in [-0.2, 0) is 0 Å². The second-order valence-electron chi connectivity index (χ2n) is 3.96. The Morgan fingerprint density at radius 2 is 1.38 bits per heavy atom. The quantitative estimate of drug-likeness (QED) is 0.486. The zero-order chi connectivity index (χ0) is 13.0. The molecule has 0 bridgehead atoms. The monoisotopic (exact) mass is 238 g/mol. The Kier molecular flexibility index (Phi) is 13.5. The minimum Gasteiger partial charge on any atom is -0.149 e. The molecule has 0 aromatic carbocycles. The number of allylic oxidation sites excluding steroid dienone is 4. The molecule has 0 unspecified atom stereocenters. The third-order valence-corrected chi connectivity index (χ3v) is 2.62. The molecular weight excluding hydrogens is 212 g/mol. The van der Waals surface area contributed by atoms with Gasteiger partial charge in [-0.1, -0.05) is 29.4 Å². The maximum atomic E-state index is 2.10. The lowest BCUT2D eigenvalue weighted by molar-refractivity contribution is 1.36. The van der Waals surface area contributed by atoms with Crippen LogP contribution in [0.2, 0.25) is 0 Å². The first-order valence-electron chi connectivity index (χ1n) is 5.63. The van der Waals surface area contributed by atoms with Gasteiger partial charge in [0.25, 0.3) is 0 Å². The summed E-state index contributed by atoms with van der Waals surface area (Å²) in [5, 5.41) is 2.08. The third-order valence-electron chi connectivity index (χ3n) is 1.82. The molecule has 0 aliphatic carbocycles. The van der Waals surface area contributed by atoms with Crippen molar-refractivity contribution in [1.29, 1.82) is 0 Å². The van der Waals surface area contributed by atoms with Crippen LogP contribution in [0, 0.1) is 6.92 Å². The van der Waals surface area contributed by atoms with Crippen molar-refractivity contribution < 1.29 is 0 Å². The molecule has 0 radical (unpaired) electrons. The van der Waals surface area contributed by atoms with E-state index in [2.05, 4.69) is 64.3 Å². The highest BCUT2D eigenvalue weighted by molar-refractivity contribution is 7.09. The molecule has 0 atom stereocenters. The van der Waals surface area contributed by atoms with Gasteiger partial charge < -0.3 is 0 Å². The molecule has 16 heavy (non-hydrogen) atoms. The molecule has 0 aliphatic heterocycles. The van der Waals surface area contributed by atoms with Crippen LogP contribution in [0.25, 0.3) is 0 Å². The van der Waals surface area contributed by atoms with E-state index >= 15 is 0 Å². The summed E-state index contributed by atoms with van der Waals surface area (Å²) in [6.45, 7) is 14.5. The van der Waals surface area contributed by atoms with E-state index in [0.29, 0.717) is 0 Å². The molecule has 1 aromatic rings. The smallest absolute Gasteiger partial charge is 0.00141 e. The van der Waals surface area contributed by atoms with Crippen molar-refractivity contribution in [3.05, 3.63) is 45.7 Å². The van der Waals surface area contributed by atoms with E-state index in [9.17, 15) is 0 Å². The van der Waals surface area contributed by atoms with Crippen LogP contribution in [-0.4, -0.2) is 0 Å². The first-order valence-corrected chi connectivity index (χ1v) is 6.51. The Labute approximate surface area is 106 Å². The van der Waals surface area contributed by atoms with Gasteiger partial charge in [-0.15, -0.1) is 11.3 Å². The first-order chi connectivity index (χ1) is 7.43. The minimum absolute atomic E-state index is 1.38. The molecule has 92 valence electrons. The van der Waals surface area contributed by atoms with Gasteiger partial charge in [-0.3, -0.25) is 0 Å². The fourth-order valence-electron chi connectivity index (χ4n) is 0.361. The summed E-state index contributed by atoms with van der Waals surface area (Å²) >= 11 is 1.78. The van der Waals surface area contributed by atoms with Gasteiger partial charge in [-0.05, 0) is 59.9 Å². The summed E-state index contributed by atoms with van der Waals surface area (Å²) in [6.07, 6.45) is 4.17. The predicted molar refractivity (Wildman–Crippen MR) is 79.3 cm³/mol. The fraction of sp³-hybridized carbons (Fsp3) is 0.467. The van der Waals surface area contributed by atoms with Gasteiger partial charge in [-0.2, -0.15) is 0 Å². The molecule has 0 saturated heterocycles. The second-order valence-corrected chi connectivity index (χ2v) is 5.11. The van der Waals surface area contributed by atoms with E-state index in [-0.39, 0.29) is 0 Å². The second kappa shape index (κ2) is 12.3. The molecule has 1 rings (SSSR count). The molecular formula is C15H26S. The van der Waals surface area contributed by atoms with E-state index in [4.69, 9.17) is 0 Å². The van der Waals surface area contributed by atoms with E-state index in [1.807, 2.05) is 13.8 Å². The zero-order valence-electron chi connectivity index (χ0n) is 11.8. The molecule has 1 heterocycles. The van der Waals surface area contributed by atoms with Crippen molar-refractivity contribution in [1.82, 2.24) is 0 Å². The van der Waals surface area contributed by atoms with Crippen LogP contribution in [0.4, 0.5) is 0 Å². The Hall–Kier alpha value is -0.820. The van der Waals surface area contributed by atoms with Crippen molar-refractivity contribution in [2.75, 3.05) is 0 Å². The normalized spacial score (nSPS) is 7.69. The molecule has 1 aromatic heterocycles. The van der Waals surface area contributed by atoms with Crippen molar-refractivity contribution in [2.45, 2.75) is 48.5 Å². The minimum atomic E-state index is 1.38. The van der Waals surface area contributed by atoms with Crippen LogP contribution in [0.5, 0.6) is 0 Å². The summed E-state index contributed by atoms with van der Waals surface area (Å²) in [5.74, 6) is 0. The van der Waals surface area contributed by atoms with E-state index < -0.39 is 0 Å². The summed E-state index contributed by atoms with van der Waals surface area (Å²) < 4.78 is 0. The summed E-state index contributed by atoms with van der Waals surface area (Å²) in [6, 6.07) is 4.16. The van der Waals surface area contributed by atoms with Gasteiger partial charge >= 0.3 is 0 Å². The van der Waals surface area contributed by atoms with Crippen LogP contribution in [0.3, 0.4) is 0 Å². The Balaban J connectivity index is 0. The van der Waals surface area contributed by atoms with Crippen LogP contribution >= 0.6 is 11.3 Å². The molecule has 0 spiro atoms. The highest BCUT2D eigenvalue weighted by atomic mass is 32.1. The van der Waals surface area contributed by atoms with E-state index in [1.54, 1.807) is 11.3 Å². The van der Waals surface area contributed by atoms with Crippen LogP contribution < -0.4 is 0 Å². The largest absolute Gasteiger partial charge is 0.149 e. The molecule has 1 heteroatoms. The van der Waals surface area contributed by atoms with Crippen molar-refractivity contribution in [2.24, 2.45) is 0 Å². The lowest BCUT2D eigenvalue weighted by Gasteiger charge is -1.74. The van der Waals surface area contributed by atoms with Gasteiger partial charge in [0, 0.05) is 4.88 Å². The summed E-state index contributed by atoms with van der Waals surface area (Å²) in [4.78, 5) is 1.38. The lowest BCUT2D eigenvalue weighted by Crippen LogP contribution is -1.52. The molecule has 0 saturated carbocycles. The standard InChI is InChI=1S/C5H6S.2C5H10/c1-5-3-2-4-6-5;2*1-4-5(2)3/h2-4H,1H3;2*4H,1-3H3. The van der Waals surface area contributed by atoms with Crippen molar-refractivity contribution >= 4 is 11.3 Å². The third kappa shape index (κ3) is 18.9. The van der Waals surface area contributed by atoms with Gasteiger partial charge in [0.2, 0.25) is 0 Å². The van der Waals surface area contributed by atoms with Gasteiger partial charge in [0.15, 0.2) is 0 Å². The van der Waals surface area contributed by atoms with Gasteiger partial charge in [-0.25, -0.2) is 0 Å². The van der Waals surface area contributed by atoms with Crippen LogP contribution in [0.15, 0.2) is 40.8 Å². The average molecular weight is 238 g/mol. The lowest BCUT2D eigenvalue weighted by atomic mass is 10.3. The number of rotatable bonds is 0.